The molecule has 1 atom stereocenters. The molecule has 0 fully saturated rings. The molecular formula is C16H19N3O2S. The number of furan rings is 1. The van der Waals surface area contributed by atoms with E-state index in [0.29, 0.717) is 12.3 Å². The van der Waals surface area contributed by atoms with Gasteiger partial charge in [0.1, 0.15) is 33.6 Å². The average molecular weight is 317 g/mol. The van der Waals surface area contributed by atoms with Crippen LogP contribution in [0.3, 0.4) is 0 Å². The lowest BCUT2D eigenvalue weighted by Gasteiger charge is -2.22. The zero-order valence-corrected chi connectivity index (χ0v) is 13.7. The van der Waals surface area contributed by atoms with Gasteiger partial charge < -0.3 is 14.8 Å². The van der Waals surface area contributed by atoms with Crippen molar-refractivity contribution in [1.29, 1.82) is 0 Å². The summed E-state index contributed by atoms with van der Waals surface area (Å²) in [5, 5.41) is 16.8. The molecule has 3 aromatic heterocycles. The Morgan fingerprint density at radius 3 is 2.82 bits per heavy atom. The second kappa shape index (κ2) is 5.70. The van der Waals surface area contributed by atoms with Crippen molar-refractivity contribution < 1.29 is 9.52 Å². The molecule has 0 saturated carbocycles. The number of nitrogens with one attached hydrogen (secondary N) is 1. The first kappa shape index (κ1) is 15.0. The van der Waals surface area contributed by atoms with E-state index in [1.807, 2.05) is 31.4 Å². The number of aliphatic hydroxyl groups is 1. The molecule has 3 aromatic rings. The number of aryl methyl sites for hydroxylation is 2. The lowest BCUT2D eigenvalue weighted by molar-refractivity contribution is 0.0467. The molecule has 0 amide bonds. The number of hydrogen-bond donors (Lipinski definition) is 2. The molecular weight excluding hydrogens is 298 g/mol. The molecule has 0 radical (unpaired) electrons. The third-order valence-electron chi connectivity index (χ3n) is 3.56. The summed E-state index contributed by atoms with van der Waals surface area (Å²) in [6.07, 6.45) is 0.774. The molecule has 3 rings (SSSR count). The molecule has 0 aliphatic rings. The number of hydrogen-bond acceptors (Lipinski definition) is 6. The monoisotopic (exact) mass is 317 g/mol. The van der Waals surface area contributed by atoms with Crippen LogP contribution >= 0.6 is 11.3 Å². The van der Waals surface area contributed by atoms with Gasteiger partial charge in [0, 0.05) is 6.42 Å². The highest BCUT2D eigenvalue weighted by molar-refractivity contribution is 7.16. The standard InChI is InChI=1S/C16H19N3O2S/c1-4-13-18-14(11-7-8-22-15(11)19-13)17-9-16(3,20)12-6-5-10(2)21-12/h5-8,20H,4,9H2,1-3H3,(H,17,18,19). The number of rotatable bonds is 5. The summed E-state index contributed by atoms with van der Waals surface area (Å²) in [7, 11) is 0. The molecule has 5 nitrogen and oxygen atoms in total. The summed E-state index contributed by atoms with van der Waals surface area (Å²) in [4.78, 5) is 10.0. The zero-order chi connectivity index (χ0) is 15.7. The van der Waals surface area contributed by atoms with Gasteiger partial charge in [-0.15, -0.1) is 11.3 Å². The van der Waals surface area contributed by atoms with Gasteiger partial charge in [0.2, 0.25) is 0 Å². The maximum atomic E-state index is 10.6. The molecule has 3 heterocycles. The zero-order valence-electron chi connectivity index (χ0n) is 12.9. The van der Waals surface area contributed by atoms with Crippen LogP contribution in [-0.4, -0.2) is 21.6 Å². The number of nitrogens with zero attached hydrogens (tertiary/aromatic N) is 2. The fraction of sp³-hybridized carbons (Fsp3) is 0.375. The highest BCUT2D eigenvalue weighted by atomic mass is 32.1. The molecule has 0 aromatic carbocycles. The summed E-state index contributed by atoms with van der Waals surface area (Å²) in [6.45, 7) is 5.93. The van der Waals surface area contributed by atoms with Gasteiger partial charge in [0.15, 0.2) is 0 Å². The van der Waals surface area contributed by atoms with E-state index in [0.717, 1.165) is 34.0 Å². The quantitative estimate of drug-likeness (QED) is 0.754. The smallest absolute Gasteiger partial charge is 0.138 e. The molecule has 2 N–H and O–H groups in total. The SMILES string of the molecule is CCc1nc(NCC(C)(O)c2ccc(C)o2)c2ccsc2n1. The summed E-state index contributed by atoms with van der Waals surface area (Å²) in [6, 6.07) is 5.64. The highest BCUT2D eigenvalue weighted by Gasteiger charge is 2.27. The largest absolute Gasteiger partial charge is 0.463 e. The summed E-state index contributed by atoms with van der Waals surface area (Å²) in [5.41, 5.74) is -1.10. The Morgan fingerprint density at radius 1 is 1.32 bits per heavy atom. The van der Waals surface area contributed by atoms with E-state index in [-0.39, 0.29) is 0 Å². The van der Waals surface area contributed by atoms with Crippen molar-refractivity contribution in [1.82, 2.24) is 9.97 Å². The van der Waals surface area contributed by atoms with Crippen LogP contribution in [0.2, 0.25) is 0 Å². The van der Waals surface area contributed by atoms with Crippen molar-refractivity contribution >= 4 is 27.4 Å². The van der Waals surface area contributed by atoms with Crippen molar-refractivity contribution in [2.45, 2.75) is 32.8 Å². The van der Waals surface area contributed by atoms with Gasteiger partial charge in [0.05, 0.1) is 11.9 Å². The summed E-state index contributed by atoms with van der Waals surface area (Å²) in [5.74, 6) is 2.88. The molecule has 6 heteroatoms. The highest BCUT2D eigenvalue weighted by Crippen LogP contribution is 2.28. The lowest BCUT2D eigenvalue weighted by Crippen LogP contribution is -2.30. The van der Waals surface area contributed by atoms with Crippen LogP contribution in [0.15, 0.2) is 28.0 Å². The molecule has 0 bridgehead atoms. The van der Waals surface area contributed by atoms with E-state index < -0.39 is 5.60 Å². The van der Waals surface area contributed by atoms with Gasteiger partial charge >= 0.3 is 0 Å². The Hall–Kier alpha value is -1.92. The van der Waals surface area contributed by atoms with Crippen molar-refractivity contribution in [2.24, 2.45) is 0 Å². The third-order valence-corrected chi connectivity index (χ3v) is 4.37. The molecule has 22 heavy (non-hydrogen) atoms. The van der Waals surface area contributed by atoms with Crippen LogP contribution in [0.5, 0.6) is 0 Å². The Bertz CT molecular complexity index is 792. The van der Waals surface area contributed by atoms with E-state index in [1.54, 1.807) is 24.3 Å². The minimum atomic E-state index is -1.10. The molecule has 0 aliphatic carbocycles. The average Bonchev–Trinajstić information content (AvgIpc) is 3.13. The predicted molar refractivity (Wildman–Crippen MR) is 88.3 cm³/mol. The van der Waals surface area contributed by atoms with Gasteiger partial charge in [-0.25, -0.2) is 9.97 Å². The van der Waals surface area contributed by atoms with Crippen LogP contribution in [0.1, 0.15) is 31.2 Å². The topological polar surface area (TPSA) is 71.2 Å². The van der Waals surface area contributed by atoms with Gasteiger partial charge in [0.25, 0.3) is 0 Å². The molecule has 0 spiro atoms. The number of thiophene rings is 1. The van der Waals surface area contributed by atoms with Gasteiger partial charge in [-0.3, -0.25) is 0 Å². The number of fused-ring (bicyclic) bond motifs is 1. The van der Waals surface area contributed by atoms with Crippen molar-refractivity contribution in [3.63, 3.8) is 0 Å². The maximum Gasteiger partial charge on any atom is 0.138 e. The number of anilines is 1. The van der Waals surface area contributed by atoms with Gasteiger partial charge in [-0.1, -0.05) is 6.92 Å². The second-order valence-corrected chi connectivity index (χ2v) is 6.41. The van der Waals surface area contributed by atoms with Gasteiger partial charge in [-0.05, 0) is 37.4 Å². The van der Waals surface area contributed by atoms with Crippen molar-refractivity contribution in [3.8, 4) is 0 Å². The van der Waals surface area contributed by atoms with E-state index in [1.165, 1.54) is 0 Å². The second-order valence-electron chi connectivity index (χ2n) is 5.52. The van der Waals surface area contributed by atoms with E-state index in [4.69, 9.17) is 4.42 Å². The first-order valence-corrected chi connectivity index (χ1v) is 8.15. The Balaban J connectivity index is 1.85. The Morgan fingerprint density at radius 2 is 2.14 bits per heavy atom. The lowest BCUT2D eigenvalue weighted by atomic mass is 10.0. The van der Waals surface area contributed by atoms with E-state index in [2.05, 4.69) is 15.3 Å². The van der Waals surface area contributed by atoms with Crippen LogP contribution < -0.4 is 5.32 Å². The third kappa shape index (κ3) is 2.84. The summed E-state index contributed by atoms with van der Waals surface area (Å²) >= 11 is 1.59. The number of aromatic nitrogens is 2. The normalized spacial score (nSPS) is 14.2. The molecule has 0 saturated heterocycles. The first-order chi connectivity index (χ1) is 10.5. The fourth-order valence-corrected chi connectivity index (χ4v) is 3.04. The van der Waals surface area contributed by atoms with Crippen LogP contribution in [0.25, 0.3) is 10.2 Å². The molecule has 1 unspecified atom stereocenters. The Kier molecular flexibility index (Phi) is 3.88. The van der Waals surface area contributed by atoms with Crippen LogP contribution in [0.4, 0.5) is 5.82 Å². The predicted octanol–water partition coefficient (Wildman–Crippen LogP) is 3.47. The molecule has 0 aliphatic heterocycles. The maximum absolute atomic E-state index is 10.6. The van der Waals surface area contributed by atoms with E-state index in [9.17, 15) is 5.11 Å². The molecule has 116 valence electrons. The first-order valence-electron chi connectivity index (χ1n) is 7.27. The van der Waals surface area contributed by atoms with Crippen molar-refractivity contribution in [2.75, 3.05) is 11.9 Å². The van der Waals surface area contributed by atoms with E-state index >= 15 is 0 Å². The van der Waals surface area contributed by atoms with Gasteiger partial charge in [-0.2, -0.15) is 0 Å². The van der Waals surface area contributed by atoms with Crippen LogP contribution in [-0.2, 0) is 12.0 Å². The van der Waals surface area contributed by atoms with Crippen LogP contribution in [0, 0.1) is 6.92 Å². The minimum Gasteiger partial charge on any atom is -0.463 e. The van der Waals surface area contributed by atoms with Crippen molar-refractivity contribution in [3.05, 3.63) is 40.9 Å². The fourth-order valence-electron chi connectivity index (χ4n) is 2.26. The minimum absolute atomic E-state index is 0.311. The summed E-state index contributed by atoms with van der Waals surface area (Å²) < 4.78 is 5.53. The Labute approximate surface area is 133 Å².